The third kappa shape index (κ3) is 6.16. The van der Waals surface area contributed by atoms with E-state index in [1.54, 1.807) is 29.2 Å². The van der Waals surface area contributed by atoms with Gasteiger partial charge in [0.25, 0.3) is 5.91 Å². The summed E-state index contributed by atoms with van der Waals surface area (Å²) in [5.41, 5.74) is 6.19. The molecule has 1 aromatic rings. The zero-order chi connectivity index (χ0) is 15.7. The molecule has 0 unspecified atom stereocenters. The number of carbonyl (C=O) groups excluding carboxylic acids is 2. The number of nitrogen functional groups attached to an aromatic ring is 1. The first-order valence-corrected chi connectivity index (χ1v) is 7.09. The van der Waals surface area contributed by atoms with Gasteiger partial charge in [0.15, 0.2) is 6.61 Å². The first-order chi connectivity index (χ1) is 10.1. The van der Waals surface area contributed by atoms with Crippen LogP contribution in [0.3, 0.4) is 0 Å². The number of nitrogens with two attached hydrogens (primary N) is 1. The highest BCUT2D eigenvalue weighted by Gasteiger charge is 2.10. The molecule has 2 amide bonds. The molecule has 0 saturated carbocycles. The van der Waals surface area contributed by atoms with Gasteiger partial charge in [0.05, 0.1) is 0 Å². The maximum atomic E-state index is 11.7. The first kappa shape index (κ1) is 16.8. The first-order valence-electron chi connectivity index (χ1n) is 7.09. The molecule has 3 N–H and O–H groups in total. The Morgan fingerprint density at radius 3 is 2.62 bits per heavy atom. The summed E-state index contributed by atoms with van der Waals surface area (Å²) in [7, 11) is 0. The smallest absolute Gasteiger partial charge is 0.257 e. The average molecular weight is 293 g/mol. The average Bonchev–Trinajstić information content (AvgIpc) is 2.46. The Labute approximate surface area is 125 Å². The quantitative estimate of drug-likeness (QED) is 0.701. The van der Waals surface area contributed by atoms with Gasteiger partial charge in [-0.05, 0) is 26.0 Å². The minimum atomic E-state index is -0.259. The van der Waals surface area contributed by atoms with Gasteiger partial charge < -0.3 is 20.7 Å². The topological polar surface area (TPSA) is 84.7 Å². The van der Waals surface area contributed by atoms with E-state index >= 15 is 0 Å². The van der Waals surface area contributed by atoms with Crippen LogP contribution < -0.4 is 15.8 Å². The molecule has 0 atom stereocenters. The molecule has 21 heavy (non-hydrogen) atoms. The summed E-state index contributed by atoms with van der Waals surface area (Å²) in [5, 5.41) is 2.66. The van der Waals surface area contributed by atoms with Crippen LogP contribution in [0.15, 0.2) is 24.3 Å². The van der Waals surface area contributed by atoms with Gasteiger partial charge in [-0.1, -0.05) is 6.07 Å². The highest BCUT2D eigenvalue weighted by molar-refractivity contribution is 5.79. The maximum Gasteiger partial charge on any atom is 0.257 e. The molecule has 0 aliphatic heterocycles. The molecule has 1 aromatic carbocycles. The molecule has 6 nitrogen and oxygen atoms in total. The lowest BCUT2D eigenvalue weighted by Gasteiger charge is -2.18. The number of hydrogen-bond acceptors (Lipinski definition) is 4. The SMILES string of the molecule is CCN(CC)C(=O)CCNC(=O)COc1cccc(N)c1. The predicted octanol–water partition coefficient (Wildman–Crippen LogP) is 1.02. The van der Waals surface area contributed by atoms with Crippen molar-refractivity contribution in [3.8, 4) is 5.75 Å². The van der Waals surface area contributed by atoms with Crippen molar-refractivity contribution in [1.29, 1.82) is 0 Å². The Balaban J connectivity index is 2.24. The summed E-state index contributed by atoms with van der Waals surface area (Å²) in [5.74, 6) is 0.325. The van der Waals surface area contributed by atoms with Crippen molar-refractivity contribution < 1.29 is 14.3 Å². The number of hydrogen-bond donors (Lipinski definition) is 2. The Morgan fingerprint density at radius 1 is 1.29 bits per heavy atom. The van der Waals surface area contributed by atoms with E-state index in [4.69, 9.17) is 10.5 Å². The lowest BCUT2D eigenvalue weighted by Crippen LogP contribution is -2.35. The molecule has 0 aliphatic carbocycles. The van der Waals surface area contributed by atoms with Gasteiger partial charge in [0.1, 0.15) is 5.75 Å². The molecule has 0 spiro atoms. The fourth-order valence-corrected chi connectivity index (χ4v) is 1.85. The Kier molecular flexibility index (Phi) is 7.08. The van der Waals surface area contributed by atoms with E-state index in [-0.39, 0.29) is 18.4 Å². The molecule has 0 fully saturated rings. The minimum Gasteiger partial charge on any atom is -0.484 e. The van der Waals surface area contributed by atoms with Crippen molar-refractivity contribution in [3.05, 3.63) is 24.3 Å². The lowest BCUT2D eigenvalue weighted by atomic mass is 10.3. The number of nitrogens with zero attached hydrogens (tertiary/aromatic N) is 1. The lowest BCUT2D eigenvalue weighted by molar-refractivity contribution is -0.130. The van der Waals surface area contributed by atoms with Crippen LogP contribution >= 0.6 is 0 Å². The maximum absolute atomic E-state index is 11.7. The van der Waals surface area contributed by atoms with Crippen LogP contribution in [-0.4, -0.2) is 43.0 Å². The zero-order valence-corrected chi connectivity index (χ0v) is 12.6. The van der Waals surface area contributed by atoms with E-state index in [0.29, 0.717) is 37.5 Å². The monoisotopic (exact) mass is 293 g/mol. The van der Waals surface area contributed by atoms with Crippen molar-refractivity contribution >= 4 is 17.5 Å². The molecular formula is C15H23N3O3. The summed E-state index contributed by atoms with van der Waals surface area (Å²) >= 11 is 0. The van der Waals surface area contributed by atoms with E-state index in [0.717, 1.165) is 0 Å². The van der Waals surface area contributed by atoms with Crippen molar-refractivity contribution in [2.24, 2.45) is 0 Å². The standard InChI is InChI=1S/C15H23N3O3/c1-3-18(4-2)15(20)8-9-17-14(19)11-21-13-7-5-6-12(16)10-13/h5-7,10H,3-4,8-9,11,16H2,1-2H3,(H,17,19). The van der Waals surface area contributed by atoms with Crippen LogP contribution in [0.25, 0.3) is 0 Å². The second-order valence-electron chi connectivity index (χ2n) is 4.53. The molecule has 0 heterocycles. The zero-order valence-electron chi connectivity index (χ0n) is 12.6. The van der Waals surface area contributed by atoms with Crippen molar-refractivity contribution in [3.63, 3.8) is 0 Å². The van der Waals surface area contributed by atoms with E-state index < -0.39 is 0 Å². The number of ether oxygens (including phenoxy) is 1. The summed E-state index contributed by atoms with van der Waals surface area (Å²) < 4.78 is 5.31. The van der Waals surface area contributed by atoms with Gasteiger partial charge in [-0.25, -0.2) is 0 Å². The fraction of sp³-hybridized carbons (Fsp3) is 0.467. The number of nitrogens with one attached hydrogen (secondary N) is 1. The summed E-state index contributed by atoms with van der Waals surface area (Å²) in [6.45, 7) is 5.44. The third-order valence-electron chi connectivity index (χ3n) is 3.01. The Bertz CT molecular complexity index is 473. The minimum absolute atomic E-state index is 0.0389. The Hall–Kier alpha value is -2.24. The summed E-state index contributed by atoms with van der Waals surface area (Å²) in [4.78, 5) is 25.1. The number of rotatable bonds is 8. The molecule has 0 radical (unpaired) electrons. The van der Waals surface area contributed by atoms with Gasteiger partial charge >= 0.3 is 0 Å². The molecule has 0 bridgehead atoms. The van der Waals surface area contributed by atoms with Gasteiger partial charge in [-0.15, -0.1) is 0 Å². The molecule has 0 saturated heterocycles. The van der Waals surface area contributed by atoms with Crippen LogP contribution in [0.2, 0.25) is 0 Å². The molecular weight excluding hydrogens is 270 g/mol. The van der Waals surface area contributed by atoms with E-state index in [1.807, 2.05) is 13.8 Å². The van der Waals surface area contributed by atoms with Crippen LogP contribution in [0.5, 0.6) is 5.75 Å². The number of carbonyl (C=O) groups is 2. The van der Waals surface area contributed by atoms with Crippen LogP contribution in [0.1, 0.15) is 20.3 Å². The van der Waals surface area contributed by atoms with Crippen molar-refractivity contribution in [1.82, 2.24) is 10.2 Å². The van der Waals surface area contributed by atoms with Crippen LogP contribution in [-0.2, 0) is 9.59 Å². The largest absolute Gasteiger partial charge is 0.484 e. The molecule has 1 rings (SSSR count). The Morgan fingerprint density at radius 2 is 2.00 bits per heavy atom. The second-order valence-corrected chi connectivity index (χ2v) is 4.53. The van der Waals surface area contributed by atoms with Crippen LogP contribution in [0.4, 0.5) is 5.69 Å². The predicted molar refractivity (Wildman–Crippen MR) is 81.9 cm³/mol. The van der Waals surface area contributed by atoms with E-state index in [9.17, 15) is 9.59 Å². The second kappa shape index (κ2) is 8.84. The number of amides is 2. The van der Waals surface area contributed by atoms with E-state index in [1.165, 1.54) is 0 Å². The highest BCUT2D eigenvalue weighted by Crippen LogP contribution is 2.13. The molecule has 0 aliphatic rings. The molecule has 6 heteroatoms. The van der Waals surface area contributed by atoms with Gasteiger partial charge in [0.2, 0.25) is 5.91 Å². The van der Waals surface area contributed by atoms with E-state index in [2.05, 4.69) is 5.32 Å². The van der Waals surface area contributed by atoms with Gasteiger partial charge in [0, 0.05) is 37.8 Å². The van der Waals surface area contributed by atoms with Gasteiger partial charge in [-0.2, -0.15) is 0 Å². The van der Waals surface area contributed by atoms with Gasteiger partial charge in [-0.3, -0.25) is 9.59 Å². The van der Waals surface area contributed by atoms with Crippen LogP contribution in [0, 0.1) is 0 Å². The molecule has 0 aromatic heterocycles. The highest BCUT2D eigenvalue weighted by atomic mass is 16.5. The van der Waals surface area contributed by atoms with Crippen molar-refractivity contribution in [2.75, 3.05) is 32.0 Å². The fourth-order valence-electron chi connectivity index (χ4n) is 1.85. The number of benzene rings is 1. The summed E-state index contributed by atoms with van der Waals surface area (Å²) in [6, 6.07) is 6.88. The third-order valence-corrected chi connectivity index (χ3v) is 3.01. The number of anilines is 1. The normalized spacial score (nSPS) is 10.0. The van der Waals surface area contributed by atoms with Crippen molar-refractivity contribution in [2.45, 2.75) is 20.3 Å². The summed E-state index contributed by atoms with van der Waals surface area (Å²) in [6.07, 6.45) is 0.297. The molecule has 116 valence electrons.